The van der Waals surface area contributed by atoms with Crippen molar-refractivity contribution >= 4 is 38.2 Å². The van der Waals surface area contributed by atoms with Gasteiger partial charge in [0, 0.05) is 4.88 Å². The smallest absolute Gasteiger partial charge is 0.341 e. The Kier molecular flexibility index (Phi) is 4.11. The molecule has 0 saturated heterocycles. The van der Waals surface area contributed by atoms with E-state index in [4.69, 9.17) is 4.74 Å². The third-order valence-corrected chi connectivity index (χ3v) is 7.77. The van der Waals surface area contributed by atoms with Crippen LogP contribution >= 0.6 is 11.3 Å². The topological polar surface area (TPSA) is 80.8 Å². The molecule has 0 radical (unpaired) electrons. The molecule has 0 unspecified atom stereocenters. The summed E-state index contributed by atoms with van der Waals surface area (Å²) < 4.78 is 32.0. The van der Waals surface area contributed by atoms with E-state index in [0.717, 1.165) is 34.0 Å². The molecule has 136 valence electrons. The van der Waals surface area contributed by atoms with E-state index in [1.54, 1.807) is 19.1 Å². The van der Waals surface area contributed by atoms with Gasteiger partial charge in [0.25, 0.3) is 15.9 Å². The minimum absolute atomic E-state index is 0.0221. The molecule has 26 heavy (non-hydrogen) atoms. The third kappa shape index (κ3) is 2.39. The quantitative estimate of drug-likeness (QED) is 0.751. The zero-order chi connectivity index (χ0) is 18.5. The average Bonchev–Trinajstić information content (AvgIpc) is 3.08. The third-order valence-electron chi connectivity index (χ3n) is 4.64. The summed E-state index contributed by atoms with van der Waals surface area (Å²) in [6, 6.07) is 6.12. The summed E-state index contributed by atoms with van der Waals surface area (Å²) >= 11 is 1.22. The van der Waals surface area contributed by atoms with Gasteiger partial charge < -0.3 is 4.74 Å². The molecule has 8 heteroatoms. The highest BCUT2D eigenvalue weighted by Crippen LogP contribution is 2.45. The van der Waals surface area contributed by atoms with Gasteiger partial charge >= 0.3 is 5.97 Å². The number of amides is 1. The number of benzene rings is 1. The van der Waals surface area contributed by atoms with Crippen molar-refractivity contribution in [2.45, 2.75) is 37.5 Å². The van der Waals surface area contributed by atoms with Crippen LogP contribution in [0.15, 0.2) is 29.2 Å². The van der Waals surface area contributed by atoms with Crippen molar-refractivity contribution in [3.63, 3.8) is 0 Å². The lowest BCUT2D eigenvalue weighted by molar-refractivity contribution is 0.0526. The molecule has 6 nitrogen and oxygen atoms in total. The number of rotatable bonds is 3. The molecule has 2 heterocycles. The maximum absolute atomic E-state index is 13.0. The molecular weight excluding hydrogens is 374 g/mol. The maximum atomic E-state index is 13.0. The van der Waals surface area contributed by atoms with Gasteiger partial charge in [-0.25, -0.2) is 13.2 Å². The summed E-state index contributed by atoms with van der Waals surface area (Å²) in [6.45, 7) is 1.88. The molecule has 1 amide bonds. The zero-order valence-electron chi connectivity index (χ0n) is 14.1. The lowest BCUT2D eigenvalue weighted by atomic mass is 9.95. The molecule has 1 aliphatic heterocycles. The molecule has 1 aliphatic carbocycles. The van der Waals surface area contributed by atoms with Gasteiger partial charge in [0.1, 0.15) is 9.90 Å². The molecule has 1 aromatic heterocycles. The number of anilines is 1. The summed E-state index contributed by atoms with van der Waals surface area (Å²) in [4.78, 5) is 26.4. The largest absolute Gasteiger partial charge is 0.462 e. The first-order chi connectivity index (χ1) is 12.5. The van der Waals surface area contributed by atoms with E-state index in [0.29, 0.717) is 6.42 Å². The predicted molar refractivity (Wildman–Crippen MR) is 97.4 cm³/mol. The van der Waals surface area contributed by atoms with Crippen molar-refractivity contribution in [1.29, 1.82) is 0 Å². The second-order valence-electron chi connectivity index (χ2n) is 6.18. The number of carbonyl (C=O) groups excluding carboxylic acids is 2. The lowest BCUT2D eigenvalue weighted by Gasteiger charge is -2.16. The van der Waals surface area contributed by atoms with Gasteiger partial charge in [-0.1, -0.05) is 12.1 Å². The molecule has 2 aromatic rings. The molecule has 4 rings (SSSR count). The second-order valence-corrected chi connectivity index (χ2v) is 9.02. The Morgan fingerprint density at radius 3 is 2.69 bits per heavy atom. The van der Waals surface area contributed by atoms with Crippen molar-refractivity contribution in [3.05, 3.63) is 45.8 Å². The number of hydrogen-bond donors (Lipinski definition) is 0. The van der Waals surface area contributed by atoms with Crippen LogP contribution < -0.4 is 4.31 Å². The van der Waals surface area contributed by atoms with E-state index < -0.39 is 21.9 Å². The first kappa shape index (κ1) is 17.2. The number of hydrogen-bond acceptors (Lipinski definition) is 6. The summed E-state index contributed by atoms with van der Waals surface area (Å²) in [5, 5.41) is 0.163. The summed E-state index contributed by atoms with van der Waals surface area (Å²) in [6.07, 6.45) is 3.38. The number of ether oxygens (including phenoxy) is 1. The standard InChI is InChI=1S/C18H17NO5S2/c1-2-24-18(21)15-11-7-3-5-9-13(11)25-17(15)19-16(20)12-8-4-6-10-14(12)26(19,22)23/h4,6,8,10H,2-3,5,7,9H2,1H3. The molecule has 0 atom stereocenters. The van der Waals surface area contributed by atoms with Gasteiger partial charge in [0.15, 0.2) is 0 Å². The Hall–Kier alpha value is -2.19. The fraction of sp³-hybridized carbons (Fsp3) is 0.333. The molecule has 0 saturated carbocycles. The van der Waals surface area contributed by atoms with Crippen molar-refractivity contribution in [1.82, 2.24) is 0 Å². The summed E-state index contributed by atoms with van der Waals surface area (Å²) in [5.41, 5.74) is 1.19. The first-order valence-electron chi connectivity index (χ1n) is 8.47. The van der Waals surface area contributed by atoms with Crippen molar-refractivity contribution in [2.24, 2.45) is 0 Å². The fourth-order valence-corrected chi connectivity index (χ4v) is 6.69. The van der Waals surface area contributed by atoms with Gasteiger partial charge in [0.2, 0.25) is 0 Å². The van der Waals surface area contributed by atoms with Crippen LogP contribution in [0.25, 0.3) is 0 Å². The lowest BCUT2D eigenvalue weighted by Crippen LogP contribution is -2.30. The highest BCUT2D eigenvalue weighted by Gasteiger charge is 2.45. The fourth-order valence-electron chi connectivity index (χ4n) is 3.49. The van der Waals surface area contributed by atoms with Gasteiger partial charge in [-0.15, -0.1) is 11.3 Å². The van der Waals surface area contributed by atoms with E-state index in [1.807, 2.05) is 0 Å². The maximum Gasteiger partial charge on any atom is 0.341 e. The van der Waals surface area contributed by atoms with Crippen LogP contribution in [0.1, 0.15) is 50.9 Å². The predicted octanol–water partition coefficient (Wildman–Crippen LogP) is 3.15. The number of sulfonamides is 1. The number of nitrogens with zero attached hydrogens (tertiary/aromatic N) is 1. The summed E-state index contributed by atoms with van der Waals surface area (Å²) in [7, 11) is -4.03. The van der Waals surface area contributed by atoms with E-state index in [2.05, 4.69) is 0 Å². The molecule has 0 bridgehead atoms. The number of aryl methyl sites for hydroxylation is 1. The molecule has 2 aliphatic rings. The van der Waals surface area contributed by atoms with Gasteiger partial charge in [-0.2, -0.15) is 4.31 Å². The highest BCUT2D eigenvalue weighted by atomic mass is 32.2. The van der Waals surface area contributed by atoms with Crippen LogP contribution in [0.2, 0.25) is 0 Å². The Morgan fingerprint density at radius 2 is 1.96 bits per heavy atom. The SMILES string of the molecule is CCOC(=O)c1c(N2C(=O)c3ccccc3S2(=O)=O)sc2c1CCCC2. The number of esters is 1. The minimum Gasteiger partial charge on any atom is -0.462 e. The second kappa shape index (κ2) is 6.21. The number of fused-ring (bicyclic) bond motifs is 2. The van der Waals surface area contributed by atoms with Gasteiger partial charge in [-0.05, 0) is 50.3 Å². The average molecular weight is 391 g/mol. The monoisotopic (exact) mass is 391 g/mol. The highest BCUT2D eigenvalue weighted by molar-refractivity contribution is 7.94. The van der Waals surface area contributed by atoms with Crippen LogP contribution in [0.3, 0.4) is 0 Å². The van der Waals surface area contributed by atoms with E-state index in [-0.39, 0.29) is 27.6 Å². The van der Waals surface area contributed by atoms with Crippen molar-refractivity contribution < 1.29 is 22.7 Å². The molecule has 0 N–H and O–H groups in total. The van der Waals surface area contributed by atoms with Crippen LogP contribution in [0, 0.1) is 0 Å². The van der Waals surface area contributed by atoms with Crippen LogP contribution in [-0.2, 0) is 27.6 Å². The molecule has 0 fully saturated rings. The van der Waals surface area contributed by atoms with E-state index in [1.165, 1.54) is 23.5 Å². The first-order valence-corrected chi connectivity index (χ1v) is 10.7. The Balaban J connectivity index is 1.93. The van der Waals surface area contributed by atoms with E-state index >= 15 is 0 Å². The van der Waals surface area contributed by atoms with Crippen molar-refractivity contribution in [3.8, 4) is 0 Å². The van der Waals surface area contributed by atoms with E-state index in [9.17, 15) is 18.0 Å². The van der Waals surface area contributed by atoms with Crippen LogP contribution in [0.4, 0.5) is 5.00 Å². The molecular formula is C18H17NO5S2. The number of carbonyl (C=O) groups is 2. The van der Waals surface area contributed by atoms with Gasteiger partial charge in [0.05, 0.1) is 17.7 Å². The summed E-state index contributed by atoms with van der Waals surface area (Å²) in [5.74, 6) is -1.19. The van der Waals surface area contributed by atoms with Gasteiger partial charge in [-0.3, -0.25) is 4.79 Å². The Labute approximate surface area is 155 Å². The Bertz CT molecular complexity index is 1020. The molecule has 0 spiro atoms. The van der Waals surface area contributed by atoms with Crippen molar-refractivity contribution in [2.75, 3.05) is 10.9 Å². The molecule has 1 aromatic carbocycles. The minimum atomic E-state index is -4.03. The van der Waals surface area contributed by atoms with Crippen LogP contribution in [-0.4, -0.2) is 26.9 Å². The normalized spacial score (nSPS) is 17.7. The Morgan fingerprint density at radius 1 is 1.23 bits per heavy atom. The zero-order valence-corrected chi connectivity index (χ0v) is 15.8. The van der Waals surface area contributed by atoms with Crippen LogP contribution in [0.5, 0.6) is 0 Å². The number of thiophene rings is 1.